The zero-order valence-electron chi connectivity index (χ0n) is 7.59. The molecule has 1 fully saturated rings. The first-order valence-corrected chi connectivity index (χ1v) is 5.73. The minimum absolute atomic E-state index is 0.0897. The number of hydrogen-bond acceptors (Lipinski definition) is 1. The molecule has 2 heteroatoms. The molecule has 0 heterocycles. The maximum atomic E-state index is 8.75. The molecule has 0 aliphatic heterocycles. The molecule has 0 aromatic heterocycles. The first kappa shape index (κ1) is 10.1. The fourth-order valence-electron chi connectivity index (χ4n) is 2.07. The van der Waals surface area contributed by atoms with Crippen LogP contribution in [0.2, 0.25) is 0 Å². The predicted octanol–water partition coefficient (Wildman–Crippen LogP) is 3.49. The quantitative estimate of drug-likeness (QED) is 0.666. The van der Waals surface area contributed by atoms with Crippen molar-refractivity contribution in [3.63, 3.8) is 0 Å². The van der Waals surface area contributed by atoms with E-state index in [4.69, 9.17) is 5.26 Å². The molecule has 0 N–H and O–H groups in total. The molecule has 3 atom stereocenters. The molecular weight excluding hydrogens is 214 g/mol. The van der Waals surface area contributed by atoms with Crippen molar-refractivity contribution in [2.45, 2.75) is 43.9 Å². The molecule has 0 bridgehead atoms. The second-order valence-corrected chi connectivity index (χ2v) is 4.72. The fourth-order valence-corrected chi connectivity index (χ4v) is 2.55. The van der Waals surface area contributed by atoms with Gasteiger partial charge in [-0.3, -0.25) is 0 Å². The number of nitrogens with zero attached hydrogens (tertiary/aromatic N) is 1. The average Bonchev–Trinajstić information content (AvgIpc) is 2.17. The highest BCUT2D eigenvalue weighted by Gasteiger charge is 2.25. The number of rotatable bonds is 2. The highest BCUT2D eigenvalue weighted by molar-refractivity contribution is 9.09. The van der Waals surface area contributed by atoms with E-state index in [1.165, 1.54) is 32.1 Å². The van der Waals surface area contributed by atoms with E-state index in [2.05, 4.69) is 28.9 Å². The van der Waals surface area contributed by atoms with E-state index in [0.29, 0.717) is 5.92 Å². The molecule has 0 saturated heterocycles. The summed E-state index contributed by atoms with van der Waals surface area (Å²) >= 11 is 3.43. The Morgan fingerprint density at radius 1 is 1.58 bits per heavy atom. The standard InChI is InChI=1S/C10H16BrN/c1-2-8-4-3-5-9(6-8)10(11)7-12/h8-10H,2-6H2,1H3. The second kappa shape index (κ2) is 4.87. The van der Waals surface area contributed by atoms with Crippen LogP contribution in [0, 0.1) is 23.2 Å². The Morgan fingerprint density at radius 2 is 2.33 bits per heavy atom. The van der Waals surface area contributed by atoms with E-state index in [1.807, 2.05) is 0 Å². The Kier molecular flexibility index (Phi) is 4.08. The first-order valence-electron chi connectivity index (χ1n) is 4.81. The van der Waals surface area contributed by atoms with E-state index in [1.54, 1.807) is 0 Å². The molecule has 12 heavy (non-hydrogen) atoms. The van der Waals surface area contributed by atoms with Gasteiger partial charge in [-0.1, -0.05) is 42.1 Å². The van der Waals surface area contributed by atoms with Crippen molar-refractivity contribution < 1.29 is 0 Å². The summed E-state index contributed by atoms with van der Waals surface area (Å²) in [5.74, 6) is 1.48. The van der Waals surface area contributed by atoms with Crippen LogP contribution in [0.4, 0.5) is 0 Å². The Balaban J connectivity index is 2.41. The van der Waals surface area contributed by atoms with Gasteiger partial charge in [0.1, 0.15) is 4.83 Å². The molecular formula is C10H16BrN. The zero-order valence-corrected chi connectivity index (χ0v) is 9.18. The molecule has 1 saturated carbocycles. The van der Waals surface area contributed by atoms with Gasteiger partial charge in [-0.15, -0.1) is 0 Å². The van der Waals surface area contributed by atoms with Gasteiger partial charge in [-0.05, 0) is 24.7 Å². The lowest BCUT2D eigenvalue weighted by Gasteiger charge is -2.28. The Hall–Kier alpha value is -0.0300. The monoisotopic (exact) mass is 229 g/mol. The van der Waals surface area contributed by atoms with Crippen molar-refractivity contribution >= 4 is 15.9 Å². The third-order valence-electron chi connectivity index (χ3n) is 2.94. The lowest BCUT2D eigenvalue weighted by atomic mass is 9.79. The molecule has 1 aliphatic carbocycles. The Labute approximate surface area is 83.3 Å². The summed E-state index contributed by atoms with van der Waals surface area (Å²) in [6.45, 7) is 2.25. The lowest BCUT2D eigenvalue weighted by molar-refractivity contribution is 0.269. The Bertz CT molecular complexity index is 173. The molecule has 0 aromatic carbocycles. The van der Waals surface area contributed by atoms with Crippen molar-refractivity contribution in [3.8, 4) is 6.07 Å². The molecule has 0 radical (unpaired) electrons. The van der Waals surface area contributed by atoms with Gasteiger partial charge in [-0.2, -0.15) is 5.26 Å². The fraction of sp³-hybridized carbons (Fsp3) is 0.900. The minimum atomic E-state index is 0.0897. The van der Waals surface area contributed by atoms with Gasteiger partial charge in [0.05, 0.1) is 6.07 Å². The van der Waals surface area contributed by atoms with Crippen molar-refractivity contribution in [2.75, 3.05) is 0 Å². The summed E-state index contributed by atoms with van der Waals surface area (Å²) < 4.78 is 0. The molecule has 1 rings (SSSR count). The summed E-state index contributed by atoms with van der Waals surface area (Å²) in [4.78, 5) is 0.0897. The van der Waals surface area contributed by atoms with Crippen LogP contribution in [0.3, 0.4) is 0 Å². The molecule has 0 aromatic rings. The lowest BCUT2D eigenvalue weighted by Crippen LogP contribution is -2.21. The maximum absolute atomic E-state index is 8.75. The topological polar surface area (TPSA) is 23.8 Å². The Morgan fingerprint density at radius 3 is 2.92 bits per heavy atom. The molecule has 1 aliphatic rings. The molecule has 1 nitrogen and oxygen atoms in total. The summed E-state index contributed by atoms with van der Waals surface area (Å²) in [6.07, 6.45) is 6.45. The van der Waals surface area contributed by atoms with E-state index in [9.17, 15) is 0 Å². The van der Waals surface area contributed by atoms with Crippen LogP contribution >= 0.6 is 15.9 Å². The maximum Gasteiger partial charge on any atom is 0.104 e. The smallest absolute Gasteiger partial charge is 0.104 e. The molecule has 0 spiro atoms. The van der Waals surface area contributed by atoms with E-state index in [0.717, 1.165) is 5.92 Å². The van der Waals surface area contributed by atoms with Crippen molar-refractivity contribution in [1.29, 1.82) is 5.26 Å². The molecule has 3 unspecified atom stereocenters. The highest BCUT2D eigenvalue weighted by atomic mass is 79.9. The first-order chi connectivity index (χ1) is 5.77. The van der Waals surface area contributed by atoms with Gasteiger partial charge < -0.3 is 0 Å². The van der Waals surface area contributed by atoms with Crippen molar-refractivity contribution in [2.24, 2.45) is 11.8 Å². The molecule has 0 amide bonds. The van der Waals surface area contributed by atoms with Crippen LogP contribution in [0.1, 0.15) is 39.0 Å². The minimum Gasteiger partial charge on any atom is -0.197 e. The number of alkyl halides is 1. The number of halogens is 1. The summed E-state index contributed by atoms with van der Waals surface area (Å²) in [7, 11) is 0. The number of nitriles is 1. The van der Waals surface area contributed by atoms with Crippen LogP contribution in [0.25, 0.3) is 0 Å². The van der Waals surface area contributed by atoms with Crippen LogP contribution in [0.15, 0.2) is 0 Å². The van der Waals surface area contributed by atoms with E-state index >= 15 is 0 Å². The van der Waals surface area contributed by atoms with Crippen LogP contribution < -0.4 is 0 Å². The summed E-state index contributed by atoms with van der Waals surface area (Å²) in [5, 5.41) is 8.75. The highest BCUT2D eigenvalue weighted by Crippen LogP contribution is 2.34. The van der Waals surface area contributed by atoms with Crippen molar-refractivity contribution in [1.82, 2.24) is 0 Å². The predicted molar refractivity (Wildman–Crippen MR) is 54.1 cm³/mol. The number of hydrogen-bond donors (Lipinski definition) is 0. The van der Waals surface area contributed by atoms with Crippen LogP contribution in [-0.4, -0.2) is 4.83 Å². The third kappa shape index (κ3) is 2.48. The van der Waals surface area contributed by atoms with E-state index < -0.39 is 0 Å². The van der Waals surface area contributed by atoms with Gasteiger partial charge in [0, 0.05) is 0 Å². The van der Waals surface area contributed by atoms with Gasteiger partial charge in [-0.25, -0.2) is 0 Å². The van der Waals surface area contributed by atoms with Crippen LogP contribution in [0.5, 0.6) is 0 Å². The summed E-state index contributed by atoms with van der Waals surface area (Å²) in [6, 6.07) is 2.30. The summed E-state index contributed by atoms with van der Waals surface area (Å²) in [5.41, 5.74) is 0. The van der Waals surface area contributed by atoms with Gasteiger partial charge in [0.15, 0.2) is 0 Å². The largest absolute Gasteiger partial charge is 0.197 e. The van der Waals surface area contributed by atoms with E-state index in [-0.39, 0.29) is 4.83 Å². The van der Waals surface area contributed by atoms with Crippen LogP contribution in [-0.2, 0) is 0 Å². The second-order valence-electron chi connectivity index (χ2n) is 3.73. The molecule has 68 valence electrons. The average molecular weight is 230 g/mol. The third-order valence-corrected chi connectivity index (χ3v) is 3.89. The van der Waals surface area contributed by atoms with Gasteiger partial charge in [0.2, 0.25) is 0 Å². The van der Waals surface area contributed by atoms with Crippen molar-refractivity contribution in [3.05, 3.63) is 0 Å². The SMILES string of the molecule is CCC1CCCC(C(Br)C#N)C1. The zero-order chi connectivity index (χ0) is 8.97. The normalized spacial score (nSPS) is 32.4. The van der Waals surface area contributed by atoms with Gasteiger partial charge >= 0.3 is 0 Å². The van der Waals surface area contributed by atoms with Gasteiger partial charge in [0.25, 0.3) is 0 Å².